The summed E-state index contributed by atoms with van der Waals surface area (Å²) in [5.74, 6) is -0.223. The maximum Gasteiger partial charge on any atom is 0.259 e. The second kappa shape index (κ2) is 5.24. The molecular formula is C14H17N3O2. The molecule has 2 aromatic rings. The van der Waals surface area contributed by atoms with Crippen molar-refractivity contribution >= 4 is 11.6 Å². The highest BCUT2D eigenvalue weighted by atomic mass is 16.3. The minimum absolute atomic E-state index is 0.223. The average Bonchev–Trinajstić information content (AvgIpc) is 2.70. The van der Waals surface area contributed by atoms with Crippen molar-refractivity contribution in [3.05, 3.63) is 47.3 Å². The number of anilines is 1. The van der Waals surface area contributed by atoms with E-state index in [2.05, 4.69) is 10.4 Å². The van der Waals surface area contributed by atoms with Gasteiger partial charge in [0.2, 0.25) is 0 Å². The Hall–Kier alpha value is -2.14. The summed E-state index contributed by atoms with van der Waals surface area (Å²) in [4.78, 5) is 12.2. The SMILES string of the molecule is Cc1c(C(=O)Nc2ccccc2C(C)O)cnn1C. The maximum atomic E-state index is 12.2. The third-order valence-electron chi connectivity index (χ3n) is 3.14. The zero-order chi connectivity index (χ0) is 14.0. The molecule has 2 N–H and O–H groups in total. The number of carbonyl (C=O) groups is 1. The van der Waals surface area contributed by atoms with E-state index in [0.29, 0.717) is 16.8 Å². The van der Waals surface area contributed by atoms with E-state index in [9.17, 15) is 9.90 Å². The summed E-state index contributed by atoms with van der Waals surface area (Å²) >= 11 is 0. The van der Waals surface area contributed by atoms with Gasteiger partial charge in [-0.25, -0.2) is 0 Å². The first kappa shape index (κ1) is 13.3. The van der Waals surface area contributed by atoms with Crippen LogP contribution >= 0.6 is 0 Å². The zero-order valence-electron chi connectivity index (χ0n) is 11.2. The van der Waals surface area contributed by atoms with Gasteiger partial charge in [0.25, 0.3) is 5.91 Å². The van der Waals surface area contributed by atoms with Gasteiger partial charge in [-0.05, 0) is 19.9 Å². The molecule has 100 valence electrons. The van der Waals surface area contributed by atoms with Crippen LogP contribution in [0, 0.1) is 6.92 Å². The Bertz CT molecular complexity index is 602. The van der Waals surface area contributed by atoms with Crippen LogP contribution in [-0.4, -0.2) is 20.8 Å². The number of nitrogens with one attached hydrogen (secondary N) is 1. The van der Waals surface area contributed by atoms with Crippen LogP contribution in [0.4, 0.5) is 5.69 Å². The van der Waals surface area contributed by atoms with E-state index in [1.165, 1.54) is 6.20 Å². The fourth-order valence-corrected chi connectivity index (χ4v) is 1.89. The summed E-state index contributed by atoms with van der Waals surface area (Å²) in [6, 6.07) is 7.20. The normalized spacial score (nSPS) is 12.2. The van der Waals surface area contributed by atoms with Gasteiger partial charge in [0.05, 0.1) is 17.9 Å². The molecule has 0 aliphatic heterocycles. The van der Waals surface area contributed by atoms with Crippen LogP contribution < -0.4 is 5.32 Å². The van der Waals surface area contributed by atoms with Crippen molar-refractivity contribution in [2.75, 3.05) is 5.32 Å². The average molecular weight is 259 g/mol. The van der Waals surface area contributed by atoms with E-state index < -0.39 is 6.10 Å². The molecule has 5 heteroatoms. The predicted octanol–water partition coefficient (Wildman–Crippen LogP) is 2.03. The maximum absolute atomic E-state index is 12.2. The quantitative estimate of drug-likeness (QED) is 0.886. The number of benzene rings is 1. The first-order valence-electron chi connectivity index (χ1n) is 6.07. The summed E-state index contributed by atoms with van der Waals surface area (Å²) in [5.41, 5.74) is 2.64. The number of para-hydroxylation sites is 1. The lowest BCUT2D eigenvalue weighted by molar-refractivity contribution is 0.102. The molecule has 1 heterocycles. The van der Waals surface area contributed by atoms with Crippen LogP contribution in [0.25, 0.3) is 0 Å². The molecule has 1 aromatic heterocycles. The highest BCUT2D eigenvalue weighted by Gasteiger charge is 2.15. The van der Waals surface area contributed by atoms with Crippen LogP contribution in [0.15, 0.2) is 30.5 Å². The third-order valence-corrected chi connectivity index (χ3v) is 3.14. The fourth-order valence-electron chi connectivity index (χ4n) is 1.89. The van der Waals surface area contributed by atoms with Gasteiger partial charge in [-0.3, -0.25) is 9.48 Å². The van der Waals surface area contributed by atoms with Gasteiger partial charge < -0.3 is 10.4 Å². The molecule has 0 radical (unpaired) electrons. The predicted molar refractivity (Wildman–Crippen MR) is 73.0 cm³/mol. The number of nitrogens with zero attached hydrogens (tertiary/aromatic N) is 2. The number of hydrogen-bond donors (Lipinski definition) is 2. The van der Waals surface area contributed by atoms with Crippen molar-refractivity contribution in [2.24, 2.45) is 7.05 Å². The Morgan fingerprint density at radius 3 is 2.68 bits per heavy atom. The number of aliphatic hydroxyl groups is 1. The molecule has 2 rings (SSSR count). The number of hydrogen-bond acceptors (Lipinski definition) is 3. The first-order chi connectivity index (χ1) is 9.00. The van der Waals surface area contributed by atoms with Crippen molar-refractivity contribution < 1.29 is 9.90 Å². The summed E-state index contributed by atoms with van der Waals surface area (Å²) in [7, 11) is 1.79. The molecule has 1 unspecified atom stereocenters. The van der Waals surface area contributed by atoms with Gasteiger partial charge in [-0.2, -0.15) is 5.10 Å². The topological polar surface area (TPSA) is 67.2 Å². The van der Waals surface area contributed by atoms with E-state index in [-0.39, 0.29) is 5.91 Å². The monoisotopic (exact) mass is 259 g/mol. The highest BCUT2D eigenvalue weighted by Crippen LogP contribution is 2.23. The van der Waals surface area contributed by atoms with E-state index in [4.69, 9.17) is 0 Å². The molecule has 0 aliphatic carbocycles. The molecule has 0 saturated carbocycles. The number of rotatable bonds is 3. The third kappa shape index (κ3) is 2.66. The lowest BCUT2D eigenvalue weighted by Gasteiger charge is -2.12. The Labute approximate surface area is 111 Å². The van der Waals surface area contributed by atoms with Gasteiger partial charge in [0, 0.05) is 24.0 Å². The van der Waals surface area contributed by atoms with Crippen LogP contribution in [-0.2, 0) is 7.05 Å². The van der Waals surface area contributed by atoms with Crippen molar-refractivity contribution in [1.82, 2.24) is 9.78 Å². The standard InChI is InChI=1S/C14H17N3O2/c1-9-12(8-15-17(9)3)14(19)16-13-7-5-4-6-11(13)10(2)18/h4-8,10,18H,1-3H3,(H,16,19). The van der Waals surface area contributed by atoms with Crippen molar-refractivity contribution in [3.63, 3.8) is 0 Å². The summed E-state index contributed by atoms with van der Waals surface area (Å²) < 4.78 is 1.65. The lowest BCUT2D eigenvalue weighted by atomic mass is 10.1. The minimum Gasteiger partial charge on any atom is -0.389 e. The second-order valence-corrected chi connectivity index (χ2v) is 4.48. The molecule has 19 heavy (non-hydrogen) atoms. The van der Waals surface area contributed by atoms with Crippen molar-refractivity contribution in [2.45, 2.75) is 20.0 Å². The molecule has 1 aromatic carbocycles. The molecule has 0 spiro atoms. The minimum atomic E-state index is -0.633. The molecule has 1 atom stereocenters. The fraction of sp³-hybridized carbons (Fsp3) is 0.286. The van der Waals surface area contributed by atoms with Crippen LogP contribution in [0.5, 0.6) is 0 Å². The van der Waals surface area contributed by atoms with Crippen LogP contribution in [0.1, 0.15) is 34.6 Å². The second-order valence-electron chi connectivity index (χ2n) is 4.48. The smallest absolute Gasteiger partial charge is 0.259 e. The molecule has 0 bridgehead atoms. The van der Waals surface area contributed by atoms with Gasteiger partial charge in [-0.15, -0.1) is 0 Å². The summed E-state index contributed by atoms with van der Waals surface area (Å²) in [6.45, 7) is 3.50. The van der Waals surface area contributed by atoms with Gasteiger partial charge >= 0.3 is 0 Å². The summed E-state index contributed by atoms with van der Waals surface area (Å²) in [5, 5.41) is 16.5. The number of aliphatic hydroxyl groups excluding tert-OH is 1. The van der Waals surface area contributed by atoms with E-state index in [1.54, 1.807) is 30.8 Å². The van der Waals surface area contributed by atoms with Gasteiger partial charge in [0.1, 0.15) is 0 Å². The Balaban J connectivity index is 2.27. The highest BCUT2D eigenvalue weighted by molar-refractivity contribution is 6.05. The largest absolute Gasteiger partial charge is 0.389 e. The Kier molecular flexibility index (Phi) is 3.66. The lowest BCUT2D eigenvalue weighted by Crippen LogP contribution is -2.14. The molecule has 1 amide bonds. The first-order valence-corrected chi connectivity index (χ1v) is 6.07. The number of carbonyl (C=O) groups excluding carboxylic acids is 1. The number of aryl methyl sites for hydroxylation is 1. The molecule has 0 saturated heterocycles. The summed E-state index contributed by atoms with van der Waals surface area (Å²) in [6.07, 6.45) is 0.904. The van der Waals surface area contributed by atoms with Gasteiger partial charge in [-0.1, -0.05) is 18.2 Å². The number of amides is 1. The van der Waals surface area contributed by atoms with Gasteiger partial charge in [0.15, 0.2) is 0 Å². The Morgan fingerprint density at radius 2 is 2.11 bits per heavy atom. The van der Waals surface area contributed by atoms with E-state index in [0.717, 1.165) is 5.69 Å². The molecule has 0 fully saturated rings. The van der Waals surface area contributed by atoms with Crippen LogP contribution in [0.3, 0.4) is 0 Å². The van der Waals surface area contributed by atoms with Crippen molar-refractivity contribution in [1.29, 1.82) is 0 Å². The number of aromatic nitrogens is 2. The molecular weight excluding hydrogens is 242 g/mol. The van der Waals surface area contributed by atoms with Crippen molar-refractivity contribution in [3.8, 4) is 0 Å². The van der Waals surface area contributed by atoms with Crippen LogP contribution in [0.2, 0.25) is 0 Å². The zero-order valence-corrected chi connectivity index (χ0v) is 11.2. The Morgan fingerprint density at radius 1 is 1.42 bits per heavy atom. The van der Waals surface area contributed by atoms with E-state index >= 15 is 0 Å². The molecule has 5 nitrogen and oxygen atoms in total. The van der Waals surface area contributed by atoms with E-state index in [1.807, 2.05) is 19.1 Å². The molecule has 0 aliphatic rings.